The molecule has 0 unspecified atom stereocenters. The van der Waals surface area contributed by atoms with Crippen LogP contribution in [0, 0.1) is 6.92 Å². The first-order valence-corrected chi connectivity index (χ1v) is 12.9. The van der Waals surface area contributed by atoms with E-state index in [-0.39, 0.29) is 28.2 Å². The molecule has 2 atom stereocenters. The summed E-state index contributed by atoms with van der Waals surface area (Å²) in [5.41, 5.74) is 7.79. The minimum atomic E-state index is -0.691. The summed E-state index contributed by atoms with van der Waals surface area (Å²) in [4.78, 5) is 52.2. The highest BCUT2D eigenvalue weighted by Crippen LogP contribution is 2.41. The third-order valence-corrected chi connectivity index (χ3v) is 8.37. The molecule has 0 radical (unpaired) electrons. The Hall–Kier alpha value is -2.91. The molecule has 2 amide bonds. The minimum absolute atomic E-state index is 0.0447. The molecule has 4 heterocycles. The lowest BCUT2D eigenvalue weighted by molar-refractivity contribution is -0.144. The SMILES string of the molecule is CO/N=C(\C(=O)N[C@@H]1C(=O)N2C(C)=C(CSc3nc(=O)c(C)nn3C)CS[C@H]12)c1csc(N)n1. The molecule has 0 aromatic carbocycles. The summed E-state index contributed by atoms with van der Waals surface area (Å²) < 4.78 is 1.57. The van der Waals surface area contributed by atoms with Gasteiger partial charge in [0.2, 0.25) is 0 Å². The van der Waals surface area contributed by atoms with Crippen molar-refractivity contribution >= 4 is 57.5 Å². The molecule has 2 aromatic rings. The van der Waals surface area contributed by atoms with Gasteiger partial charge < -0.3 is 15.9 Å². The summed E-state index contributed by atoms with van der Waals surface area (Å²) >= 11 is 4.13. The number of nitrogens with two attached hydrogens (primary N) is 1. The molecule has 34 heavy (non-hydrogen) atoms. The van der Waals surface area contributed by atoms with Gasteiger partial charge in [0.25, 0.3) is 17.4 Å². The number of β-lactam (4-membered cyclic amide) rings is 1. The van der Waals surface area contributed by atoms with Crippen molar-refractivity contribution in [1.82, 2.24) is 30.0 Å². The van der Waals surface area contributed by atoms with Gasteiger partial charge in [-0.2, -0.15) is 10.1 Å². The Kier molecular flexibility index (Phi) is 6.95. The van der Waals surface area contributed by atoms with E-state index in [1.807, 2.05) is 6.92 Å². The number of carbonyl (C=O) groups is 2. The van der Waals surface area contributed by atoms with Crippen LogP contribution < -0.4 is 16.6 Å². The number of hydrogen-bond acceptors (Lipinski definition) is 12. The van der Waals surface area contributed by atoms with E-state index in [4.69, 9.17) is 10.6 Å². The topological polar surface area (TPSA) is 158 Å². The molecular formula is C19H22N8O4S3. The van der Waals surface area contributed by atoms with Crippen LogP contribution in [0.15, 0.2) is 31.8 Å². The molecule has 1 saturated heterocycles. The summed E-state index contributed by atoms with van der Waals surface area (Å²) in [6, 6.07) is -0.691. The number of hydrogen-bond donors (Lipinski definition) is 2. The number of aryl methyl sites for hydroxylation is 2. The number of fused-ring (bicyclic) bond motifs is 1. The first kappa shape index (κ1) is 24.2. The van der Waals surface area contributed by atoms with Crippen molar-refractivity contribution in [2.75, 3.05) is 24.3 Å². The average molecular weight is 523 g/mol. The number of nitrogens with zero attached hydrogens (tertiary/aromatic N) is 6. The van der Waals surface area contributed by atoms with Gasteiger partial charge >= 0.3 is 0 Å². The highest BCUT2D eigenvalue weighted by molar-refractivity contribution is 8.01. The molecule has 1 fully saturated rings. The van der Waals surface area contributed by atoms with Crippen LogP contribution >= 0.6 is 34.9 Å². The number of aromatic nitrogens is 4. The van der Waals surface area contributed by atoms with E-state index in [0.29, 0.717) is 27.5 Å². The Morgan fingerprint density at radius 2 is 2.15 bits per heavy atom. The third kappa shape index (κ3) is 4.54. The average Bonchev–Trinajstić information content (AvgIpc) is 3.23. The molecule has 4 rings (SSSR count). The lowest BCUT2D eigenvalue weighted by Crippen LogP contribution is -2.70. The number of allylic oxidation sites excluding steroid dienone is 1. The zero-order valence-electron chi connectivity index (χ0n) is 18.8. The summed E-state index contributed by atoms with van der Waals surface area (Å²) in [5.74, 6) is 0.470. The predicted octanol–water partition coefficient (Wildman–Crippen LogP) is 0.339. The lowest BCUT2D eigenvalue weighted by atomic mass is 10.0. The highest BCUT2D eigenvalue weighted by Gasteiger charge is 2.51. The number of anilines is 1. The molecule has 180 valence electrons. The molecule has 0 aliphatic carbocycles. The van der Waals surface area contributed by atoms with Crippen LogP contribution in [0.25, 0.3) is 0 Å². The molecule has 15 heteroatoms. The Balaban J connectivity index is 1.43. The van der Waals surface area contributed by atoms with E-state index >= 15 is 0 Å². The van der Waals surface area contributed by atoms with E-state index in [9.17, 15) is 14.4 Å². The molecule has 2 aliphatic rings. The van der Waals surface area contributed by atoms with Crippen LogP contribution in [0.5, 0.6) is 0 Å². The molecular weight excluding hydrogens is 500 g/mol. The highest BCUT2D eigenvalue weighted by atomic mass is 32.2. The van der Waals surface area contributed by atoms with E-state index in [2.05, 4.69) is 25.5 Å². The van der Waals surface area contributed by atoms with Crippen LogP contribution in [-0.4, -0.2) is 72.2 Å². The van der Waals surface area contributed by atoms with Crippen LogP contribution in [0.4, 0.5) is 5.13 Å². The van der Waals surface area contributed by atoms with Gasteiger partial charge in [-0.1, -0.05) is 16.9 Å². The third-order valence-electron chi connectivity index (χ3n) is 5.25. The second-order valence-electron chi connectivity index (χ2n) is 7.44. The van der Waals surface area contributed by atoms with Gasteiger partial charge in [0.15, 0.2) is 16.0 Å². The Morgan fingerprint density at radius 1 is 1.38 bits per heavy atom. The number of thioether (sulfide) groups is 2. The fourth-order valence-corrected chi connectivity index (χ4v) is 6.60. The summed E-state index contributed by atoms with van der Waals surface area (Å²) in [5, 5.41) is 12.8. The first-order valence-electron chi connectivity index (χ1n) is 10.0. The zero-order chi connectivity index (χ0) is 24.6. The number of carbonyl (C=O) groups excluding carboxylic acids is 2. The normalized spacial score (nSPS) is 20.2. The summed E-state index contributed by atoms with van der Waals surface area (Å²) in [7, 11) is 3.06. The van der Waals surface area contributed by atoms with Gasteiger partial charge in [-0.3, -0.25) is 19.3 Å². The maximum Gasteiger partial charge on any atom is 0.295 e. The zero-order valence-corrected chi connectivity index (χ0v) is 21.2. The Labute approximate surface area is 207 Å². The van der Waals surface area contributed by atoms with Crippen molar-refractivity contribution in [2.24, 2.45) is 12.2 Å². The van der Waals surface area contributed by atoms with Crippen molar-refractivity contribution < 1.29 is 14.4 Å². The lowest BCUT2D eigenvalue weighted by Gasteiger charge is -2.50. The van der Waals surface area contributed by atoms with Crippen molar-refractivity contribution in [3.63, 3.8) is 0 Å². The van der Waals surface area contributed by atoms with Crippen LogP contribution in [0.1, 0.15) is 18.3 Å². The summed E-state index contributed by atoms with van der Waals surface area (Å²) in [6.45, 7) is 3.50. The van der Waals surface area contributed by atoms with Crippen LogP contribution in [0.2, 0.25) is 0 Å². The van der Waals surface area contributed by atoms with Gasteiger partial charge in [-0.15, -0.1) is 23.1 Å². The molecule has 12 nitrogen and oxygen atoms in total. The fourth-order valence-electron chi connectivity index (χ4n) is 3.46. The molecule has 0 saturated carbocycles. The standard InChI is InChI=1S/C19H22N8O4S3/c1-8-14(28)23-19(26(3)24-8)34-6-10-5-32-17-13(16(30)27(17)9(10)2)22-15(29)12(25-31-4)11-7-33-18(20)21-11/h7,13,17H,5-6H2,1-4H3,(H2,20,21)(H,22,29)/b25-12-/t13-,17-/m1/s1. The maximum atomic E-state index is 12.9. The molecule has 0 spiro atoms. The van der Waals surface area contributed by atoms with E-state index in [1.165, 1.54) is 30.2 Å². The van der Waals surface area contributed by atoms with Crippen molar-refractivity contribution in [1.29, 1.82) is 0 Å². The molecule has 2 aliphatic heterocycles. The number of amides is 2. The predicted molar refractivity (Wildman–Crippen MR) is 131 cm³/mol. The van der Waals surface area contributed by atoms with Gasteiger partial charge in [-0.25, -0.2) is 9.67 Å². The van der Waals surface area contributed by atoms with E-state index < -0.39 is 11.9 Å². The monoisotopic (exact) mass is 522 g/mol. The largest absolute Gasteiger partial charge is 0.398 e. The van der Waals surface area contributed by atoms with Gasteiger partial charge in [-0.05, 0) is 19.4 Å². The van der Waals surface area contributed by atoms with Gasteiger partial charge in [0.05, 0.1) is 0 Å². The summed E-state index contributed by atoms with van der Waals surface area (Å²) in [6.07, 6.45) is 0. The maximum absolute atomic E-state index is 12.9. The quantitative estimate of drug-likeness (QED) is 0.225. The number of thiazole rings is 1. The van der Waals surface area contributed by atoms with Crippen LogP contribution in [-0.2, 0) is 21.5 Å². The van der Waals surface area contributed by atoms with Gasteiger partial charge in [0, 0.05) is 29.6 Å². The molecule has 0 bridgehead atoms. The number of oxime groups is 1. The number of nitrogen functional groups attached to an aromatic ring is 1. The van der Waals surface area contributed by atoms with Gasteiger partial charge in [0.1, 0.15) is 29.9 Å². The van der Waals surface area contributed by atoms with Crippen LogP contribution in [0.3, 0.4) is 0 Å². The Bertz CT molecular complexity index is 1270. The van der Waals surface area contributed by atoms with E-state index in [1.54, 1.807) is 40.7 Å². The first-order chi connectivity index (χ1) is 16.2. The minimum Gasteiger partial charge on any atom is -0.398 e. The van der Waals surface area contributed by atoms with E-state index in [0.717, 1.165) is 11.3 Å². The van der Waals surface area contributed by atoms with Crippen molar-refractivity contribution in [3.8, 4) is 0 Å². The second kappa shape index (κ2) is 9.76. The number of rotatable bonds is 7. The van der Waals surface area contributed by atoms with Crippen molar-refractivity contribution in [2.45, 2.75) is 30.4 Å². The Morgan fingerprint density at radius 3 is 2.82 bits per heavy atom. The van der Waals surface area contributed by atoms with Crippen molar-refractivity contribution in [3.05, 3.63) is 38.4 Å². The smallest absolute Gasteiger partial charge is 0.295 e. The molecule has 3 N–H and O–H groups in total. The number of nitrogens with one attached hydrogen (secondary N) is 1. The fraction of sp³-hybridized carbons (Fsp3) is 0.421. The second-order valence-corrected chi connectivity index (χ2v) is 10.4. The molecule has 2 aromatic heterocycles.